The number of H-pyrrole nitrogens is 1. The zero-order valence-electron chi connectivity index (χ0n) is 12.8. The van der Waals surface area contributed by atoms with Gasteiger partial charge in [0.05, 0.1) is 11.1 Å². The maximum atomic E-state index is 13.0. The van der Waals surface area contributed by atoms with E-state index in [0.717, 1.165) is 5.56 Å². The minimum Gasteiger partial charge on any atom is -0.258 e. The molecule has 25 heavy (non-hydrogen) atoms. The molecule has 126 valence electrons. The SMILES string of the molecule is O=[N+]([O-])c1ccc(/C=N\n2c(Cc3ccc(F)cc3)n[nH]c2=S)cc1. The Balaban J connectivity index is 1.82. The van der Waals surface area contributed by atoms with Crippen molar-refractivity contribution in [1.29, 1.82) is 0 Å². The van der Waals surface area contributed by atoms with E-state index in [4.69, 9.17) is 12.2 Å². The lowest BCUT2D eigenvalue weighted by molar-refractivity contribution is -0.384. The Morgan fingerprint density at radius 3 is 2.56 bits per heavy atom. The van der Waals surface area contributed by atoms with Crippen molar-refractivity contribution in [3.05, 3.63) is 86.2 Å². The second kappa shape index (κ2) is 7.14. The Bertz CT molecular complexity index is 977. The van der Waals surface area contributed by atoms with Crippen LogP contribution in [-0.2, 0) is 6.42 Å². The van der Waals surface area contributed by atoms with Gasteiger partial charge in [-0.25, -0.2) is 4.39 Å². The van der Waals surface area contributed by atoms with Gasteiger partial charge in [-0.15, -0.1) is 0 Å². The molecule has 0 bridgehead atoms. The highest BCUT2D eigenvalue weighted by Crippen LogP contribution is 2.12. The number of benzene rings is 2. The molecule has 1 heterocycles. The van der Waals surface area contributed by atoms with Gasteiger partial charge in [-0.05, 0) is 47.6 Å². The molecule has 7 nitrogen and oxygen atoms in total. The molecule has 0 saturated heterocycles. The van der Waals surface area contributed by atoms with Crippen LogP contribution in [0.3, 0.4) is 0 Å². The molecule has 0 unspecified atom stereocenters. The molecule has 1 aromatic heterocycles. The number of hydrogen-bond donors (Lipinski definition) is 1. The number of nitro benzene ring substituents is 1. The molecule has 0 spiro atoms. The predicted molar refractivity (Wildman–Crippen MR) is 92.7 cm³/mol. The van der Waals surface area contributed by atoms with Crippen molar-refractivity contribution in [3.63, 3.8) is 0 Å². The van der Waals surface area contributed by atoms with Gasteiger partial charge in [-0.3, -0.25) is 15.2 Å². The molecule has 3 aromatic rings. The van der Waals surface area contributed by atoms with Crippen LogP contribution in [0.5, 0.6) is 0 Å². The fraction of sp³-hybridized carbons (Fsp3) is 0.0625. The van der Waals surface area contributed by atoms with Crippen molar-refractivity contribution in [3.8, 4) is 0 Å². The number of halogens is 1. The number of hydrogen-bond acceptors (Lipinski definition) is 5. The largest absolute Gasteiger partial charge is 0.269 e. The maximum Gasteiger partial charge on any atom is 0.269 e. The molecule has 0 amide bonds. The first kappa shape index (κ1) is 16.7. The molecule has 0 atom stereocenters. The van der Waals surface area contributed by atoms with Crippen LogP contribution < -0.4 is 0 Å². The van der Waals surface area contributed by atoms with Crippen molar-refractivity contribution < 1.29 is 9.31 Å². The average Bonchev–Trinajstić information content (AvgIpc) is 2.95. The van der Waals surface area contributed by atoms with E-state index >= 15 is 0 Å². The molecule has 0 aliphatic heterocycles. The topological polar surface area (TPSA) is 89.1 Å². The first-order valence-corrected chi connectivity index (χ1v) is 7.63. The number of aromatic amines is 1. The predicted octanol–water partition coefficient (Wildman–Crippen LogP) is 3.46. The summed E-state index contributed by atoms with van der Waals surface area (Å²) in [5.41, 5.74) is 1.55. The smallest absolute Gasteiger partial charge is 0.258 e. The summed E-state index contributed by atoms with van der Waals surface area (Å²) in [5, 5.41) is 21.7. The lowest BCUT2D eigenvalue weighted by atomic mass is 10.1. The van der Waals surface area contributed by atoms with Crippen LogP contribution in [0.15, 0.2) is 53.6 Å². The van der Waals surface area contributed by atoms with E-state index < -0.39 is 4.92 Å². The van der Waals surface area contributed by atoms with Gasteiger partial charge >= 0.3 is 0 Å². The van der Waals surface area contributed by atoms with Crippen molar-refractivity contribution >= 4 is 24.1 Å². The highest BCUT2D eigenvalue weighted by atomic mass is 32.1. The van der Waals surface area contributed by atoms with Crippen LogP contribution in [0.2, 0.25) is 0 Å². The third kappa shape index (κ3) is 4.01. The summed E-state index contributed by atoms with van der Waals surface area (Å²) in [4.78, 5) is 10.2. The fourth-order valence-corrected chi connectivity index (χ4v) is 2.35. The van der Waals surface area contributed by atoms with E-state index in [0.29, 0.717) is 22.6 Å². The molecule has 2 aromatic carbocycles. The van der Waals surface area contributed by atoms with E-state index in [-0.39, 0.29) is 11.5 Å². The monoisotopic (exact) mass is 357 g/mol. The van der Waals surface area contributed by atoms with Crippen LogP contribution in [0.4, 0.5) is 10.1 Å². The Labute approximate surface area is 146 Å². The molecule has 0 aliphatic rings. The number of nitro groups is 1. The molecule has 0 aliphatic carbocycles. The Kier molecular flexibility index (Phi) is 4.75. The standard InChI is InChI=1S/C16H12FN5O2S/c17-13-5-1-11(2-6-13)9-15-19-20-16(25)21(15)18-10-12-3-7-14(8-4-12)22(23)24/h1-8,10H,9H2,(H,20,25)/b18-10-. The van der Waals surface area contributed by atoms with Crippen LogP contribution in [0.25, 0.3) is 0 Å². The lowest BCUT2D eigenvalue weighted by Crippen LogP contribution is -2.00. The summed E-state index contributed by atoms with van der Waals surface area (Å²) < 4.78 is 14.8. The van der Waals surface area contributed by atoms with Gasteiger partial charge in [0.2, 0.25) is 4.77 Å². The third-order valence-electron chi connectivity index (χ3n) is 3.42. The molecule has 0 fully saturated rings. The Morgan fingerprint density at radius 1 is 1.24 bits per heavy atom. The normalized spacial score (nSPS) is 11.1. The number of rotatable bonds is 5. The summed E-state index contributed by atoms with van der Waals surface area (Å²) >= 11 is 5.16. The minimum atomic E-state index is -0.464. The van der Waals surface area contributed by atoms with Crippen molar-refractivity contribution in [1.82, 2.24) is 14.9 Å². The molecule has 3 rings (SSSR count). The minimum absolute atomic E-state index is 0.00840. The molecule has 0 radical (unpaired) electrons. The Morgan fingerprint density at radius 2 is 1.92 bits per heavy atom. The number of non-ortho nitro benzene ring substituents is 1. The molecule has 1 N–H and O–H groups in total. The van der Waals surface area contributed by atoms with E-state index in [1.54, 1.807) is 24.3 Å². The van der Waals surface area contributed by atoms with Crippen molar-refractivity contribution in [2.45, 2.75) is 6.42 Å². The van der Waals surface area contributed by atoms with Gasteiger partial charge in [-0.1, -0.05) is 12.1 Å². The van der Waals surface area contributed by atoms with Crippen molar-refractivity contribution in [2.75, 3.05) is 0 Å². The summed E-state index contributed by atoms with van der Waals surface area (Å²) in [6.07, 6.45) is 1.95. The quantitative estimate of drug-likeness (QED) is 0.328. The van der Waals surface area contributed by atoms with Crippen LogP contribution in [0, 0.1) is 20.7 Å². The van der Waals surface area contributed by atoms with Gasteiger partial charge in [0.1, 0.15) is 5.82 Å². The summed E-state index contributed by atoms with van der Waals surface area (Å²) in [6, 6.07) is 12.1. The highest BCUT2D eigenvalue weighted by molar-refractivity contribution is 7.71. The maximum absolute atomic E-state index is 13.0. The Hall–Kier alpha value is -3.20. The molecular formula is C16H12FN5O2S. The molecular weight excluding hydrogens is 345 g/mol. The van der Waals surface area contributed by atoms with E-state index in [1.807, 2.05) is 0 Å². The van der Waals surface area contributed by atoms with Gasteiger partial charge in [0, 0.05) is 18.6 Å². The fourth-order valence-electron chi connectivity index (χ4n) is 2.15. The first-order chi connectivity index (χ1) is 12.0. The second-order valence-electron chi connectivity index (χ2n) is 5.15. The third-order valence-corrected chi connectivity index (χ3v) is 3.68. The zero-order chi connectivity index (χ0) is 17.8. The number of aromatic nitrogens is 3. The van der Waals surface area contributed by atoms with Crippen LogP contribution >= 0.6 is 12.2 Å². The van der Waals surface area contributed by atoms with E-state index in [9.17, 15) is 14.5 Å². The van der Waals surface area contributed by atoms with Gasteiger partial charge in [-0.2, -0.15) is 14.9 Å². The molecule has 0 saturated carbocycles. The summed E-state index contributed by atoms with van der Waals surface area (Å²) in [7, 11) is 0. The van der Waals surface area contributed by atoms with Crippen LogP contribution in [0.1, 0.15) is 17.0 Å². The second-order valence-corrected chi connectivity index (χ2v) is 5.54. The first-order valence-electron chi connectivity index (χ1n) is 7.22. The molecule has 9 heteroatoms. The summed E-state index contributed by atoms with van der Waals surface area (Å²) in [6.45, 7) is 0. The van der Waals surface area contributed by atoms with Gasteiger partial charge < -0.3 is 0 Å². The van der Waals surface area contributed by atoms with Crippen LogP contribution in [-0.4, -0.2) is 26.0 Å². The zero-order valence-corrected chi connectivity index (χ0v) is 13.6. The lowest BCUT2D eigenvalue weighted by Gasteiger charge is -2.01. The number of nitrogens with zero attached hydrogens (tertiary/aromatic N) is 4. The van der Waals surface area contributed by atoms with Gasteiger partial charge in [0.15, 0.2) is 5.82 Å². The number of nitrogens with one attached hydrogen (secondary N) is 1. The van der Waals surface area contributed by atoms with Crippen molar-refractivity contribution in [2.24, 2.45) is 5.10 Å². The summed E-state index contributed by atoms with van der Waals surface area (Å²) in [5.74, 6) is 0.258. The van der Waals surface area contributed by atoms with E-state index in [1.165, 1.54) is 35.2 Å². The highest BCUT2D eigenvalue weighted by Gasteiger charge is 2.07. The van der Waals surface area contributed by atoms with Gasteiger partial charge in [0.25, 0.3) is 5.69 Å². The van der Waals surface area contributed by atoms with E-state index in [2.05, 4.69) is 15.3 Å². The average molecular weight is 357 g/mol.